The Morgan fingerprint density at radius 2 is 2.22 bits per heavy atom. The van der Waals surface area contributed by atoms with Crippen LogP contribution >= 0.6 is 0 Å². The molecule has 0 saturated heterocycles. The number of carboxylic acid groups (broad SMARTS) is 1. The topological polar surface area (TPSA) is 117 Å². The van der Waals surface area contributed by atoms with Crippen molar-refractivity contribution in [2.45, 2.75) is 37.8 Å². The molecule has 1 amide bonds. The second-order valence-electron chi connectivity index (χ2n) is 6.66. The summed E-state index contributed by atoms with van der Waals surface area (Å²) >= 11 is 0. The summed E-state index contributed by atoms with van der Waals surface area (Å²) in [5.41, 5.74) is 2.57. The number of fused-ring (bicyclic) bond motifs is 1. The average molecular weight is 362 g/mol. The van der Waals surface area contributed by atoms with Crippen LogP contribution < -0.4 is 5.32 Å². The molecule has 2 N–H and O–H groups in total. The maximum atomic E-state index is 11.1. The summed E-state index contributed by atoms with van der Waals surface area (Å²) in [5.74, 6) is 0.712. The van der Waals surface area contributed by atoms with Crippen LogP contribution in [0.2, 0.25) is 0 Å². The molecule has 3 heterocycles. The van der Waals surface area contributed by atoms with E-state index in [1.165, 1.54) is 0 Å². The van der Waals surface area contributed by atoms with E-state index in [9.17, 15) is 4.79 Å². The smallest absolute Gasteiger partial charge is 0.404 e. The first-order valence-corrected chi connectivity index (χ1v) is 8.84. The average Bonchev–Trinajstić information content (AvgIpc) is 3.07. The quantitative estimate of drug-likeness (QED) is 0.739. The Hall–Kier alpha value is -3.47. The normalized spacial score (nSPS) is 19.5. The van der Waals surface area contributed by atoms with Gasteiger partial charge in [0.25, 0.3) is 0 Å². The van der Waals surface area contributed by atoms with Crippen molar-refractivity contribution >= 4 is 17.1 Å². The van der Waals surface area contributed by atoms with Crippen molar-refractivity contribution in [3.8, 4) is 17.6 Å². The fraction of sp³-hybridized carbons (Fsp3) is 0.316. The van der Waals surface area contributed by atoms with E-state index >= 15 is 0 Å². The highest BCUT2D eigenvalue weighted by atomic mass is 16.4. The zero-order valence-corrected chi connectivity index (χ0v) is 14.5. The standard InChI is InChI=1S/C19H18N6O2/c20-10-13-9-16-17(11-22-13)25(18(24-16)15-6-1-2-7-21-15)14-5-3-4-12(8-14)23-19(26)27/h1-2,6-7,9,11-12,14,23H,3-5,8H2,(H,26,27). The minimum Gasteiger partial charge on any atom is -0.465 e. The predicted octanol–water partition coefficient (Wildman–Crippen LogP) is 3.12. The summed E-state index contributed by atoms with van der Waals surface area (Å²) in [6.45, 7) is 0. The molecule has 27 heavy (non-hydrogen) atoms. The van der Waals surface area contributed by atoms with Crippen LogP contribution in [-0.2, 0) is 0 Å². The second kappa shape index (κ2) is 7.03. The zero-order chi connectivity index (χ0) is 18.8. The molecule has 0 aromatic carbocycles. The van der Waals surface area contributed by atoms with Crippen molar-refractivity contribution < 1.29 is 9.90 Å². The number of aromatic nitrogens is 4. The molecule has 1 fully saturated rings. The molecular formula is C19H18N6O2. The lowest BCUT2D eigenvalue weighted by Gasteiger charge is -2.31. The third-order valence-electron chi connectivity index (χ3n) is 4.92. The molecule has 3 aromatic heterocycles. The molecule has 3 aromatic rings. The summed E-state index contributed by atoms with van der Waals surface area (Å²) in [7, 11) is 0. The second-order valence-corrected chi connectivity index (χ2v) is 6.66. The minimum atomic E-state index is -0.999. The van der Waals surface area contributed by atoms with Crippen LogP contribution in [0.15, 0.2) is 36.7 Å². The van der Waals surface area contributed by atoms with Crippen LogP contribution in [0.4, 0.5) is 4.79 Å². The van der Waals surface area contributed by atoms with Gasteiger partial charge in [-0.25, -0.2) is 14.8 Å². The molecule has 1 aliphatic rings. The van der Waals surface area contributed by atoms with Crippen molar-refractivity contribution in [3.05, 3.63) is 42.4 Å². The van der Waals surface area contributed by atoms with E-state index in [1.54, 1.807) is 18.5 Å². The summed E-state index contributed by atoms with van der Waals surface area (Å²) in [6, 6.07) is 9.34. The Balaban J connectivity index is 1.82. The fourth-order valence-corrected chi connectivity index (χ4v) is 3.81. The number of nitrogens with one attached hydrogen (secondary N) is 1. The Labute approximate surface area is 155 Å². The summed E-state index contributed by atoms with van der Waals surface area (Å²) < 4.78 is 2.10. The van der Waals surface area contributed by atoms with Crippen LogP contribution in [-0.4, -0.2) is 36.8 Å². The third kappa shape index (κ3) is 3.31. The van der Waals surface area contributed by atoms with Gasteiger partial charge in [0.15, 0.2) is 5.82 Å². The van der Waals surface area contributed by atoms with Gasteiger partial charge >= 0.3 is 6.09 Å². The van der Waals surface area contributed by atoms with Gasteiger partial charge < -0.3 is 15.0 Å². The van der Waals surface area contributed by atoms with Crippen LogP contribution in [0.25, 0.3) is 22.6 Å². The highest BCUT2D eigenvalue weighted by Crippen LogP contribution is 2.35. The van der Waals surface area contributed by atoms with Crippen LogP contribution in [0.3, 0.4) is 0 Å². The first kappa shape index (κ1) is 17.0. The van der Waals surface area contributed by atoms with Crippen molar-refractivity contribution in [3.63, 3.8) is 0 Å². The van der Waals surface area contributed by atoms with Gasteiger partial charge in [-0.05, 0) is 37.8 Å². The van der Waals surface area contributed by atoms with Gasteiger partial charge in [0.05, 0.1) is 17.2 Å². The maximum Gasteiger partial charge on any atom is 0.404 e. The lowest BCUT2D eigenvalue weighted by molar-refractivity contribution is 0.182. The first-order valence-electron chi connectivity index (χ1n) is 8.84. The van der Waals surface area contributed by atoms with Crippen LogP contribution in [0.1, 0.15) is 37.4 Å². The van der Waals surface area contributed by atoms with E-state index in [2.05, 4.69) is 19.9 Å². The summed E-state index contributed by atoms with van der Waals surface area (Å²) in [6.07, 6.45) is 5.73. The summed E-state index contributed by atoms with van der Waals surface area (Å²) in [4.78, 5) is 24.4. The Kier molecular flexibility index (Phi) is 4.42. The molecule has 136 valence electrons. The number of rotatable bonds is 3. The van der Waals surface area contributed by atoms with Crippen LogP contribution in [0.5, 0.6) is 0 Å². The van der Waals surface area contributed by atoms with E-state index in [4.69, 9.17) is 15.4 Å². The molecule has 2 unspecified atom stereocenters. The minimum absolute atomic E-state index is 0.0762. The molecule has 8 nitrogen and oxygen atoms in total. The molecule has 1 saturated carbocycles. The van der Waals surface area contributed by atoms with E-state index in [1.807, 2.05) is 24.3 Å². The van der Waals surface area contributed by atoms with Crippen molar-refractivity contribution in [1.29, 1.82) is 5.26 Å². The number of hydrogen-bond donors (Lipinski definition) is 2. The molecule has 8 heteroatoms. The predicted molar refractivity (Wildman–Crippen MR) is 97.9 cm³/mol. The van der Waals surface area contributed by atoms with Gasteiger partial charge in [0, 0.05) is 24.3 Å². The molecule has 1 aliphatic carbocycles. The van der Waals surface area contributed by atoms with Gasteiger partial charge in [-0.3, -0.25) is 4.98 Å². The monoisotopic (exact) mass is 362 g/mol. The number of amides is 1. The lowest BCUT2D eigenvalue weighted by Crippen LogP contribution is -2.38. The van der Waals surface area contributed by atoms with E-state index in [-0.39, 0.29) is 12.1 Å². The molecule has 4 rings (SSSR count). The number of nitriles is 1. The number of hydrogen-bond acceptors (Lipinski definition) is 5. The SMILES string of the molecule is N#Cc1cc2nc(-c3ccccn3)n(C3CCCC(NC(=O)O)C3)c2cn1. The van der Waals surface area contributed by atoms with Crippen molar-refractivity contribution in [1.82, 2.24) is 24.8 Å². The summed E-state index contributed by atoms with van der Waals surface area (Å²) in [5, 5.41) is 20.8. The molecule has 2 atom stereocenters. The van der Waals surface area contributed by atoms with Gasteiger partial charge in [-0.15, -0.1) is 0 Å². The van der Waals surface area contributed by atoms with Gasteiger partial charge in [0.2, 0.25) is 0 Å². The number of imidazole rings is 1. The Morgan fingerprint density at radius 3 is 2.96 bits per heavy atom. The Bertz CT molecular complexity index is 1020. The number of carbonyl (C=O) groups is 1. The first-order chi connectivity index (χ1) is 13.2. The molecule has 0 spiro atoms. The highest BCUT2D eigenvalue weighted by molar-refractivity contribution is 5.80. The van der Waals surface area contributed by atoms with Gasteiger partial charge in [-0.1, -0.05) is 6.07 Å². The van der Waals surface area contributed by atoms with Gasteiger partial charge in [-0.2, -0.15) is 5.26 Å². The molecule has 0 bridgehead atoms. The highest BCUT2D eigenvalue weighted by Gasteiger charge is 2.28. The van der Waals surface area contributed by atoms with Crippen LogP contribution in [0, 0.1) is 11.3 Å². The fourth-order valence-electron chi connectivity index (χ4n) is 3.81. The molecular weight excluding hydrogens is 344 g/mol. The largest absolute Gasteiger partial charge is 0.465 e. The van der Waals surface area contributed by atoms with E-state index in [0.29, 0.717) is 23.5 Å². The zero-order valence-electron chi connectivity index (χ0n) is 14.5. The molecule has 0 aliphatic heterocycles. The third-order valence-corrected chi connectivity index (χ3v) is 4.92. The maximum absolute atomic E-state index is 11.1. The molecule has 0 radical (unpaired) electrons. The van der Waals surface area contributed by atoms with E-state index < -0.39 is 6.09 Å². The lowest BCUT2D eigenvalue weighted by atomic mass is 9.90. The van der Waals surface area contributed by atoms with E-state index in [0.717, 1.165) is 30.5 Å². The number of nitrogens with zero attached hydrogens (tertiary/aromatic N) is 5. The van der Waals surface area contributed by atoms with Gasteiger partial charge in [0.1, 0.15) is 17.5 Å². The van der Waals surface area contributed by atoms with Crippen molar-refractivity contribution in [2.75, 3.05) is 0 Å². The number of pyridine rings is 2. The van der Waals surface area contributed by atoms with Crippen molar-refractivity contribution in [2.24, 2.45) is 0 Å². The Morgan fingerprint density at radius 1 is 1.33 bits per heavy atom.